The molecular weight excluding hydrogens is 254 g/mol. The molecule has 1 unspecified atom stereocenters. The van der Waals surface area contributed by atoms with Crippen molar-refractivity contribution in [3.8, 4) is 0 Å². The molecule has 1 aromatic carbocycles. The van der Waals surface area contributed by atoms with Crippen LogP contribution in [0.25, 0.3) is 0 Å². The maximum absolute atomic E-state index is 4.24. The molecule has 4 heteroatoms. The second-order valence-electron chi connectivity index (χ2n) is 4.85. The van der Waals surface area contributed by atoms with Crippen LogP contribution in [0.15, 0.2) is 18.2 Å². The van der Waals surface area contributed by atoms with Crippen LogP contribution in [0.1, 0.15) is 47.2 Å². The molecule has 1 N–H and O–H groups in total. The Morgan fingerprint density at radius 1 is 1.16 bits per heavy atom. The number of aromatic nitrogens is 2. The Labute approximate surface area is 119 Å². The number of aryl methyl sites for hydroxylation is 3. The van der Waals surface area contributed by atoms with Crippen molar-refractivity contribution in [2.75, 3.05) is 6.54 Å². The van der Waals surface area contributed by atoms with Gasteiger partial charge in [0.05, 0.1) is 16.6 Å². The van der Waals surface area contributed by atoms with Crippen molar-refractivity contribution in [2.45, 2.75) is 40.2 Å². The fraction of sp³-hybridized carbons (Fsp3) is 0.467. The Bertz CT molecular complexity index is 528. The topological polar surface area (TPSA) is 37.8 Å². The number of hydrogen-bond donors (Lipinski definition) is 1. The maximum Gasteiger partial charge on any atom is 0.0804 e. The van der Waals surface area contributed by atoms with Crippen LogP contribution in [0.4, 0.5) is 0 Å². The second-order valence-corrected chi connectivity index (χ2v) is 5.63. The molecule has 0 aliphatic heterocycles. The van der Waals surface area contributed by atoms with Crippen LogP contribution in [0, 0.1) is 13.8 Å². The van der Waals surface area contributed by atoms with Crippen LogP contribution in [0.2, 0.25) is 0 Å². The largest absolute Gasteiger partial charge is 0.306 e. The van der Waals surface area contributed by atoms with Crippen molar-refractivity contribution in [3.05, 3.63) is 45.5 Å². The summed E-state index contributed by atoms with van der Waals surface area (Å²) in [6.45, 7) is 9.48. The van der Waals surface area contributed by atoms with E-state index in [1.54, 1.807) is 0 Å². The van der Waals surface area contributed by atoms with Gasteiger partial charge in [-0.1, -0.05) is 47.7 Å². The average Bonchev–Trinajstić information content (AvgIpc) is 2.82. The fourth-order valence-corrected chi connectivity index (χ4v) is 3.27. The molecule has 0 radical (unpaired) electrons. The minimum Gasteiger partial charge on any atom is -0.306 e. The molecule has 0 aliphatic rings. The fourth-order valence-electron chi connectivity index (χ4n) is 2.42. The van der Waals surface area contributed by atoms with Gasteiger partial charge in [0.1, 0.15) is 0 Å². The van der Waals surface area contributed by atoms with Gasteiger partial charge in [-0.2, -0.15) is 0 Å². The highest BCUT2D eigenvalue weighted by atomic mass is 32.1. The van der Waals surface area contributed by atoms with Gasteiger partial charge < -0.3 is 5.32 Å². The van der Waals surface area contributed by atoms with E-state index in [4.69, 9.17) is 0 Å². The van der Waals surface area contributed by atoms with Gasteiger partial charge in [0.15, 0.2) is 0 Å². The van der Waals surface area contributed by atoms with Gasteiger partial charge >= 0.3 is 0 Å². The van der Waals surface area contributed by atoms with Crippen molar-refractivity contribution in [1.29, 1.82) is 0 Å². The lowest BCUT2D eigenvalue weighted by Crippen LogP contribution is -2.22. The molecule has 0 bridgehead atoms. The number of nitrogens with one attached hydrogen (secondary N) is 1. The molecule has 0 saturated carbocycles. The summed E-state index contributed by atoms with van der Waals surface area (Å²) in [7, 11) is 0. The lowest BCUT2D eigenvalue weighted by molar-refractivity contribution is 0.632. The second kappa shape index (κ2) is 6.26. The van der Waals surface area contributed by atoms with Gasteiger partial charge in [-0.05, 0) is 43.9 Å². The van der Waals surface area contributed by atoms with E-state index < -0.39 is 0 Å². The molecule has 1 heterocycles. The average molecular weight is 275 g/mol. The first kappa shape index (κ1) is 14.2. The van der Waals surface area contributed by atoms with Crippen molar-refractivity contribution in [3.63, 3.8) is 0 Å². The number of nitrogens with zero attached hydrogens (tertiary/aromatic N) is 2. The first-order valence-corrected chi connectivity index (χ1v) is 7.55. The summed E-state index contributed by atoms with van der Waals surface area (Å²) < 4.78 is 4.12. The van der Waals surface area contributed by atoms with Crippen LogP contribution in [-0.4, -0.2) is 16.1 Å². The smallest absolute Gasteiger partial charge is 0.0804 e. The predicted molar refractivity (Wildman–Crippen MR) is 80.7 cm³/mol. The van der Waals surface area contributed by atoms with E-state index in [1.165, 1.54) is 33.1 Å². The zero-order valence-electron chi connectivity index (χ0n) is 12.0. The van der Waals surface area contributed by atoms with Crippen molar-refractivity contribution >= 4 is 11.5 Å². The van der Waals surface area contributed by atoms with E-state index in [1.807, 2.05) is 0 Å². The van der Waals surface area contributed by atoms with Crippen LogP contribution in [0.5, 0.6) is 0 Å². The number of hydrogen-bond acceptors (Lipinski definition) is 4. The van der Waals surface area contributed by atoms with E-state index >= 15 is 0 Å². The Morgan fingerprint density at radius 3 is 2.42 bits per heavy atom. The van der Waals surface area contributed by atoms with Crippen LogP contribution < -0.4 is 5.32 Å². The summed E-state index contributed by atoms with van der Waals surface area (Å²) in [5, 5.41) is 7.80. The molecule has 3 nitrogen and oxygen atoms in total. The monoisotopic (exact) mass is 275 g/mol. The number of rotatable bonds is 5. The van der Waals surface area contributed by atoms with Crippen molar-refractivity contribution in [2.24, 2.45) is 0 Å². The molecule has 1 aromatic heterocycles. The minimum atomic E-state index is 0.207. The van der Waals surface area contributed by atoms with Gasteiger partial charge in [0, 0.05) is 0 Å². The highest BCUT2D eigenvalue weighted by molar-refractivity contribution is 7.05. The molecule has 0 amide bonds. The molecule has 19 heavy (non-hydrogen) atoms. The highest BCUT2D eigenvalue weighted by Crippen LogP contribution is 2.28. The van der Waals surface area contributed by atoms with Crippen LogP contribution in [0.3, 0.4) is 0 Å². The van der Waals surface area contributed by atoms with E-state index in [2.05, 4.69) is 60.8 Å². The van der Waals surface area contributed by atoms with Crippen LogP contribution >= 0.6 is 11.5 Å². The number of benzene rings is 1. The van der Waals surface area contributed by atoms with Gasteiger partial charge in [0.25, 0.3) is 0 Å². The Morgan fingerprint density at radius 2 is 1.84 bits per heavy atom. The third-order valence-electron chi connectivity index (χ3n) is 3.17. The first-order valence-electron chi connectivity index (χ1n) is 6.78. The molecule has 2 rings (SSSR count). The van der Waals surface area contributed by atoms with Gasteiger partial charge in [-0.25, -0.2) is 0 Å². The van der Waals surface area contributed by atoms with E-state index in [0.29, 0.717) is 0 Å². The third kappa shape index (κ3) is 3.19. The lowest BCUT2D eigenvalue weighted by Gasteiger charge is -2.18. The molecule has 0 saturated heterocycles. The highest BCUT2D eigenvalue weighted by Gasteiger charge is 2.19. The quantitative estimate of drug-likeness (QED) is 0.908. The zero-order valence-corrected chi connectivity index (χ0v) is 12.8. The molecule has 1 atom stereocenters. The Balaban J connectivity index is 2.45. The van der Waals surface area contributed by atoms with Gasteiger partial charge in [-0.15, -0.1) is 5.10 Å². The maximum atomic E-state index is 4.24. The van der Waals surface area contributed by atoms with E-state index in [-0.39, 0.29) is 6.04 Å². The summed E-state index contributed by atoms with van der Waals surface area (Å²) in [4.78, 5) is 1.24. The summed E-state index contributed by atoms with van der Waals surface area (Å²) in [6, 6.07) is 6.91. The van der Waals surface area contributed by atoms with E-state index in [9.17, 15) is 0 Å². The summed E-state index contributed by atoms with van der Waals surface area (Å²) >= 11 is 1.51. The molecule has 0 fully saturated rings. The molecular formula is C15H21N3S. The summed E-state index contributed by atoms with van der Waals surface area (Å²) in [5.74, 6) is 0. The van der Waals surface area contributed by atoms with E-state index in [0.717, 1.165) is 18.7 Å². The lowest BCUT2D eigenvalue weighted by atomic mass is 9.99. The molecule has 0 spiro atoms. The first-order chi connectivity index (χ1) is 9.15. The minimum absolute atomic E-state index is 0.207. The van der Waals surface area contributed by atoms with Gasteiger partial charge in [0.2, 0.25) is 0 Å². The predicted octanol–water partition coefficient (Wildman–Crippen LogP) is 3.42. The van der Waals surface area contributed by atoms with Crippen molar-refractivity contribution in [1.82, 2.24) is 14.9 Å². The molecule has 102 valence electrons. The normalized spacial score (nSPS) is 12.6. The molecule has 0 aliphatic carbocycles. The molecule has 2 aromatic rings. The third-order valence-corrected chi connectivity index (χ3v) is 4.00. The Kier molecular flexibility index (Phi) is 4.66. The zero-order chi connectivity index (χ0) is 13.8. The summed E-state index contributed by atoms with van der Waals surface area (Å²) in [5.41, 5.74) is 5.01. The van der Waals surface area contributed by atoms with Crippen LogP contribution in [-0.2, 0) is 6.42 Å². The summed E-state index contributed by atoms with van der Waals surface area (Å²) in [6.07, 6.45) is 0.929. The SMILES string of the molecule is CCNC(c1cc(C)cc(C)c1)c1snnc1CC. The Hall–Kier alpha value is -1.26. The van der Waals surface area contributed by atoms with Crippen molar-refractivity contribution < 1.29 is 0 Å². The van der Waals surface area contributed by atoms with Gasteiger partial charge in [-0.3, -0.25) is 0 Å². The standard InChI is InChI=1S/C15H21N3S/c1-5-13-15(19-18-17-13)14(16-6-2)12-8-10(3)7-11(4)9-12/h7-9,14,16H,5-6H2,1-4H3.